The molecule has 1 atom stereocenters. The minimum Gasteiger partial charge on any atom is -0.365 e. The van der Waals surface area contributed by atoms with Gasteiger partial charge in [-0.15, -0.1) is 11.8 Å². The van der Waals surface area contributed by atoms with Crippen LogP contribution >= 0.6 is 11.8 Å². The van der Waals surface area contributed by atoms with Gasteiger partial charge in [-0.3, -0.25) is 14.6 Å². The molecule has 3 aromatic rings. The summed E-state index contributed by atoms with van der Waals surface area (Å²) in [6, 6.07) is -0.00278. The summed E-state index contributed by atoms with van der Waals surface area (Å²) in [5, 5.41) is 19.1. The minimum atomic E-state index is -2.50. The van der Waals surface area contributed by atoms with E-state index in [0.29, 0.717) is 30.2 Å². The van der Waals surface area contributed by atoms with Crippen molar-refractivity contribution < 1.29 is 13.6 Å². The molecule has 3 aromatic heterocycles. The summed E-state index contributed by atoms with van der Waals surface area (Å²) < 4.78 is 26.3. The lowest BCUT2D eigenvalue weighted by Gasteiger charge is -2.33. The zero-order valence-corrected chi connectivity index (χ0v) is 18.2. The van der Waals surface area contributed by atoms with Gasteiger partial charge >= 0.3 is 0 Å². The number of amides is 1. The first-order valence-electron chi connectivity index (χ1n) is 10.0. The maximum atomic E-state index is 12.6. The summed E-state index contributed by atoms with van der Waals surface area (Å²) >= 11 is 1.46. The largest absolute Gasteiger partial charge is 0.365 e. The molecule has 4 heterocycles. The van der Waals surface area contributed by atoms with Crippen molar-refractivity contribution in [2.75, 3.05) is 30.0 Å². The average Bonchev–Trinajstić information content (AvgIpc) is 3.39. The van der Waals surface area contributed by atoms with Crippen molar-refractivity contribution in [2.24, 2.45) is 0 Å². The number of hydrogen-bond acceptors (Lipinski definition) is 8. The summed E-state index contributed by atoms with van der Waals surface area (Å²) in [6.07, 6.45) is 5.38. The number of alkyl halides is 2. The highest BCUT2D eigenvalue weighted by molar-refractivity contribution is 7.98. The maximum Gasteiger partial charge on any atom is 0.257 e. The Kier molecular flexibility index (Phi) is 6.53. The number of carbonyl (C=O) groups excluding carboxylic acids is 1. The molecule has 0 saturated carbocycles. The molecule has 0 radical (unpaired) electrons. The Morgan fingerprint density at radius 3 is 3.06 bits per heavy atom. The fourth-order valence-corrected chi connectivity index (χ4v) is 4.16. The van der Waals surface area contributed by atoms with E-state index in [9.17, 15) is 13.6 Å². The third-order valence-corrected chi connectivity index (χ3v) is 5.72. The monoisotopic (exact) mass is 463 g/mol. The van der Waals surface area contributed by atoms with Crippen molar-refractivity contribution >= 4 is 46.2 Å². The summed E-state index contributed by atoms with van der Waals surface area (Å²) in [7, 11) is 0. The van der Waals surface area contributed by atoms with E-state index in [1.54, 1.807) is 4.90 Å². The van der Waals surface area contributed by atoms with E-state index in [2.05, 4.69) is 42.5 Å². The third-order valence-electron chi connectivity index (χ3n) is 5.04. The molecule has 1 amide bonds. The van der Waals surface area contributed by atoms with E-state index in [1.807, 2.05) is 6.26 Å². The molecule has 1 fully saturated rings. The SMILES string of the molecule is C=CC(=O)N1CCCC(Nc2nc(Nc3cnn(CC(F)F)c3)nc3[nH]nc(SC)c23)C1. The molecule has 10 nitrogen and oxygen atoms in total. The molecule has 32 heavy (non-hydrogen) atoms. The van der Waals surface area contributed by atoms with Gasteiger partial charge in [-0.05, 0) is 25.2 Å². The first kappa shape index (κ1) is 22.0. The highest BCUT2D eigenvalue weighted by Crippen LogP contribution is 2.31. The molecule has 170 valence electrons. The first-order valence-corrected chi connectivity index (χ1v) is 11.2. The number of rotatable bonds is 8. The van der Waals surface area contributed by atoms with Crippen molar-refractivity contribution in [3.05, 3.63) is 25.0 Å². The number of anilines is 3. The molecule has 0 aromatic carbocycles. The highest BCUT2D eigenvalue weighted by Gasteiger charge is 2.24. The number of thioether (sulfide) groups is 1. The molecule has 0 bridgehead atoms. The predicted molar refractivity (Wildman–Crippen MR) is 118 cm³/mol. The normalized spacial score (nSPS) is 16.5. The third kappa shape index (κ3) is 4.82. The van der Waals surface area contributed by atoms with E-state index >= 15 is 0 Å². The summed E-state index contributed by atoms with van der Waals surface area (Å²) in [5.41, 5.74) is 1.02. The smallest absolute Gasteiger partial charge is 0.257 e. The van der Waals surface area contributed by atoms with Crippen LogP contribution in [0.15, 0.2) is 30.1 Å². The van der Waals surface area contributed by atoms with E-state index in [1.165, 1.54) is 30.2 Å². The Labute approximate surface area is 186 Å². The molecular formula is C19H23F2N9OS. The zero-order valence-electron chi connectivity index (χ0n) is 17.4. The lowest BCUT2D eigenvalue weighted by Crippen LogP contribution is -2.44. The van der Waals surface area contributed by atoms with Gasteiger partial charge in [0, 0.05) is 25.3 Å². The van der Waals surface area contributed by atoms with Crippen LogP contribution < -0.4 is 10.6 Å². The topological polar surface area (TPSA) is 117 Å². The van der Waals surface area contributed by atoms with Gasteiger partial charge in [-0.2, -0.15) is 20.2 Å². The van der Waals surface area contributed by atoms with Crippen LogP contribution in [0.25, 0.3) is 11.0 Å². The molecule has 1 saturated heterocycles. The Hall–Kier alpha value is -3.22. The van der Waals surface area contributed by atoms with Crippen LogP contribution in [0.2, 0.25) is 0 Å². The van der Waals surface area contributed by atoms with Gasteiger partial charge in [-0.25, -0.2) is 8.78 Å². The Bertz CT molecular complexity index is 1120. The second-order valence-corrected chi connectivity index (χ2v) is 8.09. The molecule has 1 aliphatic rings. The van der Waals surface area contributed by atoms with Gasteiger partial charge in [0.2, 0.25) is 11.9 Å². The number of nitrogens with one attached hydrogen (secondary N) is 3. The average molecular weight is 464 g/mol. The van der Waals surface area contributed by atoms with Crippen molar-refractivity contribution in [1.82, 2.24) is 34.8 Å². The number of likely N-dealkylation sites (tertiary alicyclic amines) is 1. The van der Waals surface area contributed by atoms with Crippen molar-refractivity contribution in [1.29, 1.82) is 0 Å². The second kappa shape index (κ2) is 9.51. The first-order chi connectivity index (χ1) is 15.5. The Morgan fingerprint density at radius 2 is 2.31 bits per heavy atom. The lowest BCUT2D eigenvalue weighted by molar-refractivity contribution is -0.127. The molecule has 4 rings (SSSR count). The zero-order chi connectivity index (χ0) is 22.7. The molecule has 1 unspecified atom stereocenters. The van der Waals surface area contributed by atoms with Crippen LogP contribution in [0.3, 0.4) is 0 Å². The van der Waals surface area contributed by atoms with Crippen LogP contribution in [0.5, 0.6) is 0 Å². The summed E-state index contributed by atoms with van der Waals surface area (Å²) in [6.45, 7) is 4.30. The maximum absolute atomic E-state index is 12.6. The van der Waals surface area contributed by atoms with Crippen molar-refractivity contribution in [3.63, 3.8) is 0 Å². The van der Waals surface area contributed by atoms with Gasteiger partial charge in [-0.1, -0.05) is 6.58 Å². The van der Waals surface area contributed by atoms with Crippen molar-refractivity contribution in [2.45, 2.75) is 36.9 Å². The second-order valence-electron chi connectivity index (χ2n) is 7.29. The highest BCUT2D eigenvalue weighted by atomic mass is 32.2. The van der Waals surface area contributed by atoms with Crippen LogP contribution in [0, 0.1) is 0 Å². The fraction of sp³-hybridized carbons (Fsp3) is 0.421. The molecule has 0 aliphatic carbocycles. The summed E-state index contributed by atoms with van der Waals surface area (Å²) in [4.78, 5) is 22.9. The lowest BCUT2D eigenvalue weighted by atomic mass is 10.1. The number of H-pyrrole nitrogens is 1. The van der Waals surface area contributed by atoms with E-state index in [-0.39, 0.29) is 17.9 Å². The number of carbonyl (C=O) groups is 1. The van der Waals surface area contributed by atoms with E-state index in [0.717, 1.165) is 27.9 Å². The van der Waals surface area contributed by atoms with Gasteiger partial charge < -0.3 is 15.5 Å². The standard InChI is InChI=1S/C19H23F2N9OS/c1-3-14(31)29-6-4-5-11(8-29)23-16-15-17(27-28-18(15)32-2)26-19(25-16)24-12-7-22-30(9-12)10-13(20)21/h3,7,9,11,13H,1,4-6,8,10H2,2H3,(H3,23,24,25,26,27,28). The van der Waals surface area contributed by atoms with Gasteiger partial charge in [0.05, 0.1) is 17.3 Å². The van der Waals surface area contributed by atoms with Gasteiger partial charge in [0.1, 0.15) is 17.4 Å². The van der Waals surface area contributed by atoms with Crippen LogP contribution in [-0.2, 0) is 11.3 Å². The Balaban J connectivity index is 1.60. The molecule has 1 aliphatic heterocycles. The Morgan fingerprint density at radius 1 is 1.47 bits per heavy atom. The number of aromatic amines is 1. The van der Waals surface area contributed by atoms with Crippen LogP contribution in [0.4, 0.5) is 26.2 Å². The van der Waals surface area contributed by atoms with Crippen LogP contribution in [0.1, 0.15) is 12.8 Å². The number of piperidine rings is 1. The van der Waals surface area contributed by atoms with Gasteiger partial charge in [0.25, 0.3) is 6.43 Å². The fourth-order valence-electron chi connectivity index (χ4n) is 3.63. The number of hydrogen-bond donors (Lipinski definition) is 3. The van der Waals surface area contributed by atoms with E-state index in [4.69, 9.17) is 0 Å². The molecule has 3 N–H and O–H groups in total. The van der Waals surface area contributed by atoms with Gasteiger partial charge in [0.15, 0.2) is 5.65 Å². The molecule has 0 spiro atoms. The summed E-state index contributed by atoms with van der Waals surface area (Å²) in [5.74, 6) is 0.747. The minimum absolute atomic E-state index is 0.00278. The number of fused-ring (bicyclic) bond motifs is 1. The predicted octanol–water partition coefficient (Wildman–Crippen LogP) is 2.87. The van der Waals surface area contributed by atoms with Crippen LogP contribution in [-0.4, -0.2) is 72.6 Å². The molecular weight excluding hydrogens is 440 g/mol. The quantitative estimate of drug-likeness (QED) is 0.345. The molecule has 13 heteroatoms. The number of aromatic nitrogens is 6. The number of nitrogens with zero attached hydrogens (tertiary/aromatic N) is 6. The number of halogens is 2. The van der Waals surface area contributed by atoms with E-state index < -0.39 is 13.0 Å². The van der Waals surface area contributed by atoms with Crippen molar-refractivity contribution in [3.8, 4) is 0 Å².